The van der Waals surface area contributed by atoms with Crippen molar-refractivity contribution in [2.75, 3.05) is 13.2 Å². The molecule has 0 spiro atoms. The summed E-state index contributed by atoms with van der Waals surface area (Å²) in [6.45, 7) is -0.570. The lowest BCUT2D eigenvalue weighted by Crippen LogP contribution is -2.32. The average molecular weight is 376 g/mol. The highest BCUT2D eigenvalue weighted by atomic mass is 35.5. The van der Waals surface area contributed by atoms with E-state index < -0.39 is 35.9 Å². The van der Waals surface area contributed by atoms with E-state index in [0.717, 1.165) is 4.90 Å². The summed E-state index contributed by atoms with van der Waals surface area (Å²) >= 11 is 5.83. The molecule has 0 bridgehead atoms. The number of amides is 1. The largest absolute Gasteiger partial charge is 0.507 e. The Kier molecular flexibility index (Phi) is 5.06. The first-order valence-corrected chi connectivity index (χ1v) is 8.23. The maximum atomic E-state index is 14.4. The zero-order valence-corrected chi connectivity index (χ0v) is 14.3. The van der Waals surface area contributed by atoms with Crippen LogP contribution in [0.1, 0.15) is 17.2 Å². The van der Waals surface area contributed by atoms with Gasteiger partial charge in [-0.1, -0.05) is 29.8 Å². The van der Waals surface area contributed by atoms with E-state index in [1.807, 2.05) is 0 Å². The molecular formula is C19H15ClFNO4. The van der Waals surface area contributed by atoms with Gasteiger partial charge in [0.15, 0.2) is 0 Å². The Bertz CT molecular complexity index is 895. The molecular weight excluding hydrogens is 361 g/mol. The molecule has 1 saturated heterocycles. The van der Waals surface area contributed by atoms with Crippen molar-refractivity contribution in [3.05, 3.63) is 76.1 Å². The van der Waals surface area contributed by atoms with E-state index in [-0.39, 0.29) is 23.2 Å². The van der Waals surface area contributed by atoms with Crippen molar-refractivity contribution in [2.24, 2.45) is 0 Å². The number of carbonyl (C=O) groups is 2. The molecule has 0 aliphatic carbocycles. The molecule has 0 unspecified atom stereocenters. The van der Waals surface area contributed by atoms with Crippen LogP contribution in [0.2, 0.25) is 5.02 Å². The molecule has 1 amide bonds. The van der Waals surface area contributed by atoms with Gasteiger partial charge in [-0.3, -0.25) is 9.59 Å². The fraction of sp³-hybridized carbons (Fsp3) is 0.158. The van der Waals surface area contributed by atoms with Gasteiger partial charge in [0.05, 0.1) is 18.2 Å². The van der Waals surface area contributed by atoms with Crippen LogP contribution < -0.4 is 0 Å². The Morgan fingerprint density at radius 3 is 2.38 bits per heavy atom. The second kappa shape index (κ2) is 7.27. The third kappa shape index (κ3) is 3.09. The average Bonchev–Trinajstić information content (AvgIpc) is 2.87. The van der Waals surface area contributed by atoms with E-state index in [0.29, 0.717) is 5.02 Å². The van der Waals surface area contributed by atoms with Crippen LogP contribution in [-0.2, 0) is 9.59 Å². The Labute approximate surface area is 153 Å². The number of benzene rings is 2. The number of likely N-dealkylation sites (tertiary alicyclic amines) is 1. The molecule has 1 aliphatic rings. The van der Waals surface area contributed by atoms with E-state index in [1.165, 1.54) is 42.5 Å². The van der Waals surface area contributed by atoms with Gasteiger partial charge in [0.1, 0.15) is 11.6 Å². The molecule has 134 valence electrons. The summed E-state index contributed by atoms with van der Waals surface area (Å²) in [5.74, 6) is -2.87. The highest BCUT2D eigenvalue weighted by molar-refractivity contribution is 6.46. The number of hydrogen-bond donors (Lipinski definition) is 2. The number of nitrogens with zero attached hydrogens (tertiary/aromatic N) is 1. The first-order valence-electron chi connectivity index (χ1n) is 7.85. The Balaban J connectivity index is 2.21. The van der Waals surface area contributed by atoms with Gasteiger partial charge < -0.3 is 15.1 Å². The van der Waals surface area contributed by atoms with Gasteiger partial charge in [-0.15, -0.1) is 0 Å². The summed E-state index contributed by atoms with van der Waals surface area (Å²) < 4.78 is 14.4. The molecule has 7 heteroatoms. The number of rotatable bonds is 4. The lowest BCUT2D eigenvalue weighted by molar-refractivity contribution is -0.140. The third-order valence-corrected chi connectivity index (χ3v) is 4.45. The number of Topliss-reactive ketones (excluding diaryl/α,β-unsaturated/α-hetero) is 1. The van der Waals surface area contributed by atoms with E-state index in [9.17, 15) is 24.2 Å². The zero-order chi connectivity index (χ0) is 18.8. The van der Waals surface area contributed by atoms with Crippen molar-refractivity contribution in [1.29, 1.82) is 0 Å². The van der Waals surface area contributed by atoms with E-state index >= 15 is 0 Å². The lowest BCUT2D eigenvalue weighted by atomic mass is 9.95. The van der Waals surface area contributed by atoms with Crippen molar-refractivity contribution >= 4 is 29.1 Å². The second-order valence-corrected chi connectivity index (χ2v) is 6.18. The highest BCUT2D eigenvalue weighted by Gasteiger charge is 2.46. The second-order valence-electron chi connectivity index (χ2n) is 5.74. The van der Waals surface area contributed by atoms with Gasteiger partial charge >= 0.3 is 0 Å². The van der Waals surface area contributed by atoms with Gasteiger partial charge in [0.25, 0.3) is 11.7 Å². The van der Waals surface area contributed by atoms with Crippen LogP contribution in [0.3, 0.4) is 0 Å². The summed E-state index contributed by atoms with van der Waals surface area (Å²) in [6, 6.07) is 10.6. The molecule has 2 aromatic carbocycles. The quantitative estimate of drug-likeness (QED) is 0.489. The summed E-state index contributed by atoms with van der Waals surface area (Å²) in [7, 11) is 0. The van der Waals surface area contributed by atoms with Crippen molar-refractivity contribution < 1.29 is 24.2 Å². The molecule has 2 aromatic rings. The summed E-state index contributed by atoms with van der Waals surface area (Å²) in [4.78, 5) is 26.0. The Morgan fingerprint density at radius 1 is 1.12 bits per heavy atom. The number of carbonyl (C=O) groups excluding carboxylic acids is 2. The van der Waals surface area contributed by atoms with E-state index in [1.54, 1.807) is 6.07 Å². The van der Waals surface area contributed by atoms with Crippen LogP contribution in [0.25, 0.3) is 5.76 Å². The van der Waals surface area contributed by atoms with Gasteiger partial charge in [0, 0.05) is 22.7 Å². The maximum Gasteiger partial charge on any atom is 0.295 e. The fourth-order valence-electron chi connectivity index (χ4n) is 3.00. The predicted molar refractivity (Wildman–Crippen MR) is 93.9 cm³/mol. The molecule has 1 heterocycles. The molecule has 5 nitrogen and oxygen atoms in total. The van der Waals surface area contributed by atoms with Gasteiger partial charge in [0.2, 0.25) is 0 Å². The Hall–Kier alpha value is -2.70. The standard InChI is InChI=1S/C19H15ClFNO4/c20-12-7-5-11(6-8-12)17(24)15-16(13-3-1-2-4-14(13)21)22(9-10-23)19(26)18(15)25/h1-8,16,23-24H,9-10H2/b17-15+/t16-/m1/s1. The zero-order valence-electron chi connectivity index (χ0n) is 13.5. The summed E-state index contributed by atoms with van der Waals surface area (Å²) in [6.07, 6.45) is 0. The number of halogens is 2. The normalized spacial score (nSPS) is 19.2. The topological polar surface area (TPSA) is 77.8 Å². The molecule has 1 atom stereocenters. The lowest BCUT2D eigenvalue weighted by Gasteiger charge is -2.24. The van der Waals surface area contributed by atoms with E-state index in [4.69, 9.17) is 11.6 Å². The first kappa shape index (κ1) is 18.1. The summed E-state index contributed by atoms with van der Waals surface area (Å²) in [5, 5.41) is 20.3. The number of aliphatic hydroxyl groups is 2. The first-order chi connectivity index (χ1) is 12.5. The molecule has 3 rings (SSSR count). The predicted octanol–water partition coefficient (Wildman–Crippen LogP) is 2.89. The molecule has 26 heavy (non-hydrogen) atoms. The highest BCUT2D eigenvalue weighted by Crippen LogP contribution is 2.40. The minimum Gasteiger partial charge on any atom is -0.507 e. The number of hydrogen-bond acceptors (Lipinski definition) is 4. The molecule has 0 radical (unpaired) electrons. The SMILES string of the molecule is O=C1C(=O)N(CCO)[C@H](c2ccccc2F)/C1=C(\O)c1ccc(Cl)cc1. The van der Waals surface area contributed by atoms with Crippen molar-refractivity contribution in [1.82, 2.24) is 4.90 Å². The Morgan fingerprint density at radius 2 is 1.77 bits per heavy atom. The van der Waals surface area contributed by atoms with Gasteiger partial charge in [-0.25, -0.2) is 4.39 Å². The smallest absolute Gasteiger partial charge is 0.295 e. The number of ketones is 1. The monoisotopic (exact) mass is 375 g/mol. The number of aliphatic hydroxyl groups excluding tert-OH is 2. The third-order valence-electron chi connectivity index (χ3n) is 4.20. The van der Waals surface area contributed by atoms with Crippen LogP contribution in [0.4, 0.5) is 4.39 Å². The van der Waals surface area contributed by atoms with Crippen LogP contribution in [0.15, 0.2) is 54.1 Å². The van der Waals surface area contributed by atoms with E-state index in [2.05, 4.69) is 0 Å². The van der Waals surface area contributed by atoms with Crippen LogP contribution in [-0.4, -0.2) is 40.0 Å². The van der Waals surface area contributed by atoms with Crippen molar-refractivity contribution in [2.45, 2.75) is 6.04 Å². The minimum absolute atomic E-state index is 0.0654. The molecule has 0 aromatic heterocycles. The molecule has 1 aliphatic heterocycles. The van der Waals surface area contributed by atoms with Crippen LogP contribution >= 0.6 is 11.6 Å². The number of β-amino-alcohol motifs (C(OH)–C–C–N with tert-alkyl or cyclic N) is 1. The fourth-order valence-corrected chi connectivity index (χ4v) is 3.13. The maximum absolute atomic E-state index is 14.4. The summed E-state index contributed by atoms with van der Waals surface area (Å²) in [5.41, 5.74) is 0.115. The minimum atomic E-state index is -1.13. The molecule has 2 N–H and O–H groups in total. The molecule has 1 fully saturated rings. The van der Waals surface area contributed by atoms with Crippen LogP contribution in [0, 0.1) is 5.82 Å². The van der Waals surface area contributed by atoms with Gasteiger partial charge in [-0.05, 0) is 30.3 Å². The molecule has 0 saturated carbocycles. The van der Waals surface area contributed by atoms with Gasteiger partial charge in [-0.2, -0.15) is 0 Å². The van der Waals surface area contributed by atoms with Crippen LogP contribution in [0.5, 0.6) is 0 Å². The van der Waals surface area contributed by atoms with Crippen molar-refractivity contribution in [3.8, 4) is 0 Å². The van der Waals surface area contributed by atoms with Crippen molar-refractivity contribution in [3.63, 3.8) is 0 Å².